The zero-order chi connectivity index (χ0) is 17.2. The maximum atomic E-state index is 12.5. The van der Waals surface area contributed by atoms with Gasteiger partial charge in [-0.25, -0.2) is 4.98 Å². The van der Waals surface area contributed by atoms with Crippen molar-refractivity contribution in [3.8, 4) is 17.0 Å². The zero-order valence-electron chi connectivity index (χ0n) is 13.3. The summed E-state index contributed by atoms with van der Waals surface area (Å²) in [5.41, 5.74) is 8.76. The number of carbonyl (C=O) groups is 1. The van der Waals surface area contributed by atoms with Gasteiger partial charge in [0.2, 0.25) is 0 Å². The predicted molar refractivity (Wildman–Crippen MR) is 94.0 cm³/mol. The number of anilines is 1. The number of benzene rings is 2. The Morgan fingerprint density at radius 2 is 1.92 bits per heavy atom. The molecule has 3 N–H and O–H groups in total. The van der Waals surface area contributed by atoms with Crippen molar-refractivity contribution in [3.63, 3.8) is 0 Å². The van der Waals surface area contributed by atoms with E-state index < -0.39 is 0 Å². The van der Waals surface area contributed by atoms with E-state index >= 15 is 0 Å². The number of aromatic nitrogens is 2. The monoisotopic (exact) mass is 332 g/mol. The third-order valence-corrected chi connectivity index (χ3v) is 4.10. The van der Waals surface area contributed by atoms with E-state index in [0.29, 0.717) is 23.7 Å². The first-order valence-electron chi connectivity index (χ1n) is 7.91. The van der Waals surface area contributed by atoms with E-state index in [4.69, 9.17) is 10.5 Å². The Hall–Kier alpha value is -3.41. The molecule has 1 amide bonds. The fraction of sp³-hybridized carbons (Fsp3) is 0.105. The first kappa shape index (κ1) is 15.1. The van der Waals surface area contributed by atoms with Crippen LogP contribution in [0.3, 0.4) is 0 Å². The van der Waals surface area contributed by atoms with Crippen LogP contribution in [0.15, 0.2) is 60.9 Å². The van der Waals surface area contributed by atoms with Crippen molar-refractivity contribution in [2.45, 2.75) is 6.04 Å². The van der Waals surface area contributed by atoms with Gasteiger partial charge in [-0.1, -0.05) is 30.3 Å². The van der Waals surface area contributed by atoms with Gasteiger partial charge >= 0.3 is 0 Å². The average molecular weight is 332 g/mol. The first-order chi connectivity index (χ1) is 12.2. The minimum Gasteiger partial charge on any atom is -0.491 e. The van der Waals surface area contributed by atoms with Gasteiger partial charge in [-0.2, -0.15) is 0 Å². The molecule has 25 heavy (non-hydrogen) atoms. The second-order valence-electron chi connectivity index (χ2n) is 5.78. The Labute approximate surface area is 144 Å². The lowest BCUT2D eigenvalue weighted by Crippen LogP contribution is -2.29. The van der Waals surface area contributed by atoms with Crippen molar-refractivity contribution < 1.29 is 9.53 Å². The molecule has 6 nitrogen and oxygen atoms in total. The van der Waals surface area contributed by atoms with Crippen LogP contribution in [0.1, 0.15) is 22.0 Å². The molecule has 6 heteroatoms. The largest absolute Gasteiger partial charge is 0.491 e. The number of amides is 1. The van der Waals surface area contributed by atoms with Crippen LogP contribution in [0.25, 0.3) is 11.3 Å². The summed E-state index contributed by atoms with van der Waals surface area (Å²) in [6.07, 6.45) is 3.13. The molecule has 3 aromatic rings. The molecule has 0 spiro atoms. The topological polar surface area (TPSA) is 90.1 Å². The Balaban J connectivity index is 1.50. The number of hydrogen-bond acceptors (Lipinski definition) is 5. The highest BCUT2D eigenvalue weighted by Gasteiger charge is 2.25. The van der Waals surface area contributed by atoms with Gasteiger partial charge in [0.1, 0.15) is 18.2 Å². The lowest BCUT2D eigenvalue weighted by molar-refractivity contribution is 0.0930. The molecule has 0 fully saturated rings. The van der Waals surface area contributed by atoms with Crippen molar-refractivity contribution in [1.82, 2.24) is 15.3 Å². The molecule has 0 saturated carbocycles. The van der Waals surface area contributed by atoms with Gasteiger partial charge in [0.25, 0.3) is 5.91 Å². The fourth-order valence-electron chi connectivity index (χ4n) is 2.84. The molecule has 2 aromatic carbocycles. The summed E-state index contributed by atoms with van der Waals surface area (Å²) in [6.45, 7) is 0.446. The molecule has 1 aromatic heterocycles. The van der Waals surface area contributed by atoms with Gasteiger partial charge in [0.15, 0.2) is 0 Å². The minimum atomic E-state index is -0.143. The molecule has 124 valence electrons. The summed E-state index contributed by atoms with van der Waals surface area (Å²) in [5, 5.41) is 3.01. The number of nitrogens with one attached hydrogen (secondary N) is 1. The highest BCUT2D eigenvalue weighted by Crippen LogP contribution is 2.31. The van der Waals surface area contributed by atoms with E-state index in [2.05, 4.69) is 15.3 Å². The van der Waals surface area contributed by atoms with Crippen molar-refractivity contribution in [2.24, 2.45) is 0 Å². The number of fused-ring (bicyclic) bond motifs is 1. The van der Waals surface area contributed by atoms with Gasteiger partial charge in [0, 0.05) is 16.7 Å². The zero-order valence-corrected chi connectivity index (χ0v) is 13.3. The fourth-order valence-corrected chi connectivity index (χ4v) is 2.84. The summed E-state index contributed by atoms with van der Waals surface area (Å²) in [6, 6.07) is 14.8. The molecule has 0 radical (unpaired) electrons. The Morgan fingerprint density at radius 1 is 1.12 bits per heavy atom. The maximum absolute atomic E-state index is 12.5. The van der Waals surface area contributed by atoms with E-state index in [1.54, 1.807) is 18.3 Å². The highest BCUT2D eigenvalue weighted by molar-refractivity contribution is 5.95. The van der Waals surface area contributed by atoms with E-state index in [1.165, 1.54) is 6.20 Å². The standard InChI is InChI=1S/C19H16N4O2/c20-18-10-21-9-15(22-18)12-5-7-13(8-6-12)19(24)23-16-11-25-17-4-2-1-3-14(16)17/h1-10,16H,11H2,(H2,20,22)(H,23,24). The molecule has 0 saturated heterocycles. The lowest BCUT2D eigenvalue weighted by atomic mass is 10.1. The van der Waals surface area contributed by atoms with Gasteiger partial charge in [0.05, 0.1) is 24.1 Å². The van der Waals surface area contributed by atoms with Gasteiger partial charge in [-0.05, 0) is 18.2 Å². The Kier molecular flexibility index (Phi) is 3.78. The molecule has 1 aliphatic heterocycles. The Bertz CT molecular complexity index is 925. The van der Waals surface area contributed by atoms with Crippen LogP contribution in [0.5, 0.6) is 5.75 Å². The van der Waals surface area contributed by atoms with Crippen LogP contribution in [0.2, 0.25) is 0 Å². The molecule has 0 bridgehead atoms. The molecule has 1 unspecified atom stereocenters. The number of ether oxygens (including phenoxy) is 1. The molecular weight excluding hydrogens is 316 g/mol. The molecule has 1 aliphatic rings. The lowest BCUT2D eigenvalue weighted by Gasteiger charge is -2.12. The van der Waals surface area contributed by atoms with Crippen molar-refractivity contribution in [2.75, 3.05) is 12.3 Å². The van der Waals surface area contributed by atoms with Crippen LogP contribution in [-0.4, -0.2) is 22.5 Å². The second-order valence-corrected chi connectivity index (χ2v) is 5.78. The third kappa shape index (κ3) is 3.01. The SMILES string of the molecule is Nc1cncc(-c2ccc(C(=O)NC3COc4ccccc43)cc2)n1. The van der Waals surface area contributed by atoms with Crippen LogP contribution < -0.4 is 15.8 Å². The number of carbonyl (C=O) groups excluding carboxylic acids is 1. The summed E-state index contributed by atoms with van der Waals surface area (Å²) in [7, 11) is 0. The molecular formula is C19H16N4O2. The first-order valence-corrected chi connectivity index (χ1v) is 7.91. The van der Waals surface area contributed by atoms with E-state index in [9.17, 15) is 4.79 Å². The van der Waals surface area contributed by atoms with Crippen LogP contribution in [-0.2, 0) is 0 Å². The quantitative estimate of drug-likeness (QED) is 0.769. The van der Waals surface area contributed by atoms with E-state index in [0.717, 1.165) is 16.9 Å². The van der Waals surface area contributed by atoms with Crippen molar-refractivity contribution in [3.05, 3.63) is 72.1 Å². The third-order valence-electron chi connectivity index (χ3n) is 4.10. The predicted octanol–water partition coefficient (Wildman–Crippen LogP) is 2.59. The summed E-state index contributed by atoms with van der Waals surface area (Å²) in [4.78, 5) is 20.7. The van der Waals surface area contributed by atoms with E-state index in [-0.39, 0.29) is 11.9 Å². The number of para-hydroxylation sites is 1. The van der Waals surface area contributed by atoms with Crippen molar-refractivity contribution in [1.29, 1.82) is 0 Å². The summed E-state index contributed by atoms with van der Waals surface area (Å²) >= 11 is 0. The number of rotatable bonds is 3. The normalized spacial score (nSPS) is 15.3. The van der Waals surface area contributed by atoms with Crippen LogP contribution >= 0.6 is 0 Å². The number of nitrogens with two attached hydrogens (primary N) is 1. The second kappa shape index (κ2) is 6.24. The van der Waals surface area contributed by atoms with Crippen LogP contribution in [0, 0.1) is 0 Å². The van der Waals surface area contributed by atoms with E-state index in [1.807, 2.05) is 36.4 Å². The van der Waals surface area contributed by atoms with Gasteiger partial charge in [-0.3, -0.25) is 9.78 Å². The summed E-state index contributed by atoms with van der Waals surface area (Å²) < 4.78 is 5.59. The summed E-state index contributed by atoms with van der Waals surface area (Å²) in [5.74, 6) is 1.04. The smallest absolute Gasteiger partial charge is 0.251 e. The molecule has 0 aliphatic carbocycles. The van der Waals surface area contributed by atoms with Gasteiger partial charge < -0.3 is 15.8 Å². The molecule has 1 atom stereocenters. The molecule has 4 rings (SSSR count). The number of nitrogens with zero attached hydrogens (tertiary/aromatic N) is 2. The maximum Gasteiger partial charge on any atom is 0.251 e. The Morgan fingerprint density at radius 3 is 2.72 bits per heavy atom. The number of nitrogen functional groups attached to an aromatic ring is 1. The average Bonchev–Trinajstić information content (AvgIpc) is 3.05. The van der Waals surface area contributed by atoms with Gasteiger partial charge in [-0.15, -0.1) is 0 Å². The van der Waals surface area contributed by atoms with Crippen molar-refractivity contribution >= 4 is 11.7 Å². The minimum absolute atomic E-state index is 0.136. The van der Waals surface area contributed by atoms with Crippen LogP contribution in [0.4, 0.5) is 5.82 Å². The molecule has 2 heterocycles. The number of hydrogen-bond donors (Lipinski definition) is 2. The highest BCUT2D eigenvalue weighted by atomic mass is 16.5.